The number of esters is 1. The normalized spacial score (nSPS) is 11.6. The van der Waals surface area contributed by atoms with Crippen LogP contribution in [-0.2, 0) is 9.53 Å². The maximum atomic E-state index is 12.9. The van der Waals surface area contributed by atoms with Gasteiger partial charge in [-0.1, -0.05) is 23.7 Å². The molecule has 0 bridgehead atoms. The minimum atomic E-state index is -0.876. The zero-order chi connectivity index (χ0) is 25.0. The van der Waals surface area contributed by atoms with Gasteiger partial charge in [-0.25, -0.2) is 4.79 Å². The molecular formula is C24H23ClN2O6S. The maximum absolute atomic E-state index is 12.9. The van der Waals surface area contributed by atoms with E-state index >= 15 is 0 Å². The van der Waals surface area contributed by atoms with Gasteiger partial charge in [-0.3, -0.25) is 14.9 Å². The highest BCUT2D eigenvalue weighted by Crippen LogP contribution is 2.37. The molecule has 0 saturated heterocycles. The standard InChI is InChI=1S/C24H23ClN2O6S/c1-5-32-24(29)20-19(16-7-6-8-17(11-16)27(30)31)12-34-23(20)26-22(28)15(4)33-18-9-13(2)21(25)14(3)10-18/h6-12,15H,5H2,1-4H3,(H,26,28). The lowest BCUT2D eigenvalue weighted by Gasteiger charge is -2.16. The van der Waals surface area contributed by atoms with Crippen LogP contribution < -0.4 is 10.1 Å². The molecular weight excluding hydrogens is 480 g/mol. The van der Waals surface area contributed by atoms with Crippen LogP contribution in [0.4, 0.5) is 10.7 Å². The number of anilines is 1. The topological polar surface area (TPSA) is 108 Å². The Morgan fingerprint density at radius 2 is 1.88 bits per heavy atom. The molecule has 0 aliphatic carbocycles. The third-order valence-electron chi connectivity index (χ3n) is 4.97. The minimum Gasteiger partial charge on any atom is -0.481 e. The highest BCUT2D eigenvalue weighted by Gasteiger charge is 2.25. The van der Waals surface area contributed by atoms with Crippen LogP contribution in [-0.4, -0.2) is 29.5 Å². The summed E-state index contributed by atoms with van der Waals surface area (Å²) in [4.78, 5) is 36.3. The maximum Gasteiger partial charge on any atom is 0.341 e. The molecule has 1 amide bonds. The average Bonchev–Trinajstić information content (AvgIpc) is 3.21. The Labute approximate surface area is 205 Å². The molecule has 10 heteroatoms. The fraction of sp³-hybridized carbons (Fsp3) is 0.250. The van der Waals surface area contributed by atoms with E-state index in [2.05, 4.69) is 5.32 Å². The van der Waals surface area contributed by atoms with Crippen molar-refractivity contribution in [3.8, 4) is 16.9 Å². The van der Waals surface area contributed by atoms with Crippen LogP contribution in [0.15, 0.2) is 41.8 Å². The number of nitrogens with one attached hydrogen (secondary N) is 1. The summed E-state index contributed by atoms with van der Waals surface area (Å²) in [6, 6.07) is 9.41. The summed E-state index contributed by atoms with van der Waals surface area (Å²) < 4.78 is 11.0. The van der Waals surface area contributed by atoms with E-state index in [1.54, 1.807) is 37.4 Å². The molecule has 2 aromatic carbocycles. The largest absolute Gasteiger partial charge is 0.481 e. The van der Waals surface area contributed by atoms with Crippen molar-refractivity contribution in [2.75, 3.05) is 11.9 Å². The highest BCUT2D eigenvalue weighted by atomic mass is 35.5. The SMILES string of the molecule is CCOC(=O)c1c(-c2cccc([N+](=O)[O-])c2)csc1NC(=O)C(C)Oc1cc(C)c(Cl)c(C)c1. The van der Waals surface area contributed by atoms with Crippen LogP contribution in [0.2, 0.25) is 5.02 Å². The molecule has 0 spiro atoms. The first-order valence-electron chi connectivity index (χ1n) is 10.4. The van der Waals surface area contributed by atoms with Crippen molar-refractivity contribution in [3.05, 3.63) is 73.6 Å². The monoisotopic (exact) mass is 502 g/mol. The second-order valence-corrected chi connectivity index (χ2v) is 8.76. The Bertz CT molecular complexity index is 1230. The number of amides is 1. The number of aryl methyl sites for hydroxylation is 2. The fourth-order valence-corrected chi connectivity index (χ4v) is 4.37. The molecule has 1 heterocycles. The van der Waals surface area contributed by atoms with Gasteiger partial charge in [0.1, 0.15) is 16.3 Å². The molecule has 0 saturated carbocycles. The molecule has 3 rings (SSSR count). The Balaban J connectivity index is 1.89. The zero-order valence-corrected chi connectivity index (χ0v) is 20.6. The smallest absolute Gasteiger partial charge is 0.341 e. The summed E-state index contributed by atoms with van der Waals surface area (Å²) in [5, 5.41) is 16.5. The second-order valence-electron chi connectivity index (χ2n) is 7.50. The van der Waals surface area contributed by atoms with Crippen LogP contribution >= 0.6 is 22.9 Å². The zero-order valence-electron chi connectivity index (χ0n) is 19.0. The minimum absolute atomic E-state index is 0.111. The molecule has 1 unspecified atom stereocenters. The van der Waals surface area contributed by atoms with E-state index < -0.39 is 22.9 Å². The van der Waals surface area contributed by atoms with Gasteiger partial charge < -0.3 is 14.8 Å². The molecule has 1 atom stereocenters. The van der Waals surface area contributed by atoms with Gasteiger partial charge >= 0.3 is 5.97 Å². The lowest BCUT2D eigenvalue weighted by molar-refractivity contribution is -0.384. The molecule has 3 aromatic rings. The lowest BCUT2D eigenvalue weighted by atomic mass is 10.0. The van der Waals surface area contributed by atoms with Crippen molar-refractivity contribution in [1.29, 1.82) is 0 Å². The van der Waals surface area contributed by atoms with E-state index in [9.17, 15) is 19.7 Å². The summed E-state index contributed by atoms with van der Waals surface area (Å²) in [5.41, 5.74) is 2.57. The third-order valence-corrected chi connectivity index (χ3v) is 6.46. The third kappa shape index (κ3) is 5.55. The number of carbonyl (C=O) groups is 2. The predicted molar refractivity (Wildman–Crippen MR) is 132 cm³/mol. The Morgan fingerprint density at radius 1 is 1.21 bits per heavy atom. The summed E-state index contributed by atoms with van der Waals surface area (Å²) in [5.74, 6) is -0.613. The van der Waals surface area contributed by atoms with Crippen LogP contribution in [0.1, 0.15) is 35.3 Å². The van der Waals surface area contributed by atoms with Gasteiger partial charge in [-0.15, -0.1) is 11.3 Å². The van der Waals surface area contributed by atoms with Gasteiger partial charge in [-0.05, 0) is 56.5 Å². The van der Waals surface area contributed by atoms with Gasteiger partial charge in [0.15, 0.2) is 6.10 Å². The molecule has 34 heavy (non-hydrogen) atoms. The number of rotatable bonds is 8. The highest BCUT2D eigenvalue weighted by molar-refractivity contribution is 7.15. The summed E-state index contributed by atoms with van der Waals surface area (Å²) >= 11 is 7.32. The summed E-state index contributed by atoms with van der Waals surface area (Å²) in [6.07, 6.45) is -0.876. The molecule has 1 N–H and O–H groups in total. The van der Waals surface area contributed by atoms with E-state index in [0.717, 1.165) is 22.5 Å². The van der Waals surface area contributed by atoms with Crippen molar-refractivity contribution >= 4 is 45.5 Å². The second kappa shape index (κ2) is 10.7. The lowest BCUT2D eigenvalue weighted by Crippen LogP contribution is -2.30. The first kappa shape index (κ1) is 25.2. The Kier molecular flexibility index (Phi) is 7.90. The van der Waals surface area contributed by atoms with Crippen LogP contribution in [0, 0.1) is 24.0 Å². The van der Waals surface area contributed by atoms with Crippen LogP contribution in [0.3, 0.4) is 0 Å². The fourth-order valence-electron chi connectivity index (χ4n) is 3.30. The number of hydrogen-bond donors (Lipinski definition) is 1. The van der Waals surface area contributed by atoms with Gasteiger partial charge in [0.05, 0.1) is 11.5 Å². The van der Waals surface area contributed by atoms with Crippen molar-refractivity contribution in [2.45, 2.75) is 33.8 Å². The predicted octanol–water partition coefficient (Wildman–Crippen LogP) is 6.18. The number of thiophene rings is 1. The van der Waals surface area contributed by atoms with E-state index in [1.807, 2.05) is 13.8 Å². The number of nitrogens with zero attached hydrogens (tertiary/aromatic N) is 1. The number of ether oxygens (including phenoxy) is 2. The number of benzene rings is 2. The molecule has 178 valence electrons. The number of carbonyl (C=O) groups excluding carboxylic acids is 2. The number of nitro groups is 1. The van der Waals surface area contributed by atoms with Crippen molar-refractivity contribution in [2.24, 2.45) is 0 Å². The van der Waals surface area contributed by atoms with Gasteiger partial charge in [0.2, 0.25) is 0 Å². The molecule has 0 radical (unpaired) electrons. The molecule has 0 aliphatic heterocycles. The van der Waals surface area contributed by atoms with Crippen LogP contribution in [0.25, 0.3) is 11.1 Å². The number of non-ortho nitro benzene ring substituents is 1. The molecule has 0 fully saturated rings. The number of halogens is 1. The number of hydrogen-bond acceptors (Lipinski definition) is 7. The van der Waals surface area contributed by atoms with Gasteiger partial charge in [-0.2, -0.15) is 0 Å². The van der Waals surface area contributed by atoms with E-state index in [-0.39, 0.29) is 22.9 Å². The van der Waals surface area contributed by atoms with Gasteiger partial charge in [0, 0.05) is 28.1 Å². The summed E-state index contributed by atoms with van der Waals surface area (Å²) in [6.45, 7) is 7.08. The summed E-state index contributed by atoms with van der Waals surface area (Å²) in [7, 11) is 0. The number of nitro benzene ring substituents is 1. The molecule has 8 nitrogen and oxygen atoms in total. The van der Waals surface area contributed by atoms with E-state index in [4.69, 9.17) is 21.1 Å². The quantitative estimate of drug-likeness (QED) is 0.224. The molecule has 0 aliphatic rings. The van der Waals surface area contributed by atoms with Crippen molar-refractivity contribution in [3.63, 3.8) is 0 Å². The first-order chi connectivity index (χ1) is 16.1. The Morgan fingerprint density at radius 3 is 2.50 bits per heavy atom. The van der Waals surface area contributed by atoms with Crippen molar-refractivity contribution < 1.29 is 24.0 Å². The first-order valence-corrected chi connectivity index (χ1v) is 11.7. The van der Waals surface area contributed by atoms with E-state index in [0.29, 0.717) is 21.9 Å². The van der Waals surface area contributed by atoms with Crippen LogP contribution in [0.5, 0.6) is 5.75 Å². The van der Waals surface area contributed by atoms with Crippen molar-refractivity contribution in [1.82, 2.24) is 0 Å². The van der Waals surface area contributed by atoms with E-state index in [1.165, 1.54) is 18.2 Å². The molecule has 1 aromatic heterocycles. The average molecular weight is 503 g/mol. The van der Waals surface area contributed by atoms with Gasteiger partial charge in [0.25, 0.3) is 11.6 Å². The Hall–Kier alpha value is -3.43.